The van der Waals surface area contributed by atoms with E-state index in [0.717, 1.165) is 29.3 Å². The minimum absolute atomic E-state index is 0.253. The second-order valence-electron chi connectivity index (χ2n) is 3.78. The molecule has 2 rings (SSSR count). The predicted octanol–water partition coefficient (Wildman–Crippen LogP) is 3.31. The van der Waals surface area contributed by atoms with E-state index in [4.69, 9.17) is 0 Å². The molecule has 17 heavy (non-hydrogen) atoms. The van der Waals surface area contributed by atoms with Crippen molar-refractivity contribution in [2.75, 3.05) is 0 Å². The third-order valence-electron chi connectivity index (χ3n) is 2.70. The van der Waals surface area contributed by atoms with Gasteiger partial charge in [0, 0.05) is 12.1 Å². The average molecular weight is 298 g/mol. The van der Waals surface area contributed by atoms with Crippen molar-refractivity contribution >= 4 is 15.9 Å². The predicted molar refractivity (Wildman–Crippen MR) is 68.5 cm³/mol. The zero-order chi connectivity index (χ0) is 12.4. The number of aromatic nitrogens is 3. The number of alkyl halides is 1. The molecule has 0 N–H and O–H groups in total. The third-order valence-corrected chi connectivity index (χ3v) is 3.21. The van der Waals surface area contributed by atoms with Crippen LogP contribution < -0.4 is 0 Å². The fraction of sp³-hybridized carbons (Fsp3) is 0.333. The molecule has 0 aliphatic carbocycles. The summed E-state index contributed by atoms with van der Waals surface area (Å²) in [6.45, 7) is 4.73. The monoisotopic (exact) mass is 297 g/mol. The van der Waals surface area contributed by atoms with Crippen LogP contribution in [-0.4, -0.2) is 14.8 Å². The largest absolute Gasteiger partial charge is 0.311 e. The van der Waals surface area contributed by atoms with E-state index in [-0.39, 0.29) is 5.82 Å². The van der Waals surface area contributed by atoms with E-state index in [2.05, 4.69) is 26.1 Å². The number of nitrogens with zero attached hydrogens (tertiary/aromatic N) is 3. The van der Waals surface area contributed by atoms with Gasteiger partial charge in [-0.1, -0.05) is 22.0 Å². The zero-order valence-corrected chi connectivity index (χ0v) is 11.3. The normalized spacial score (nSPS) is 10.8. The molecule has 0 bridgehead atoms. The molecule has 0 radical (unpaired) electrons. The highest BCUT2D eigenvalue weighted by Gasteiger charge is 2.14. The van der Waals surface area contributed by atoms with Gasteiger partial charge in [-0.2, -0.15) is 0 Å². The van der Waals surface area contributed by atoms with Crippen molar-refractivity contribution in [1.82, 2.24) is 14.8 Å². The van der Waals surface area contributed by atoms with Crippen LogP contribution in [0.2, 0.25) is 0 Å². The highest BCUT2D eigenvalue weighted by atomic mass is 79.9. The van der Waals surface area contributed by atoms with E-state index in [0.29, 0.717) is 5.33 Å². The molecular formula is C12H13BrFN3. The van der Waals surface area contributed by atoms with Crippen molar-refractivity contribution < 1.29 is 4.39 Å². The Morgan fingerprint density at radius 2 is 2.12 bits per heavy atom. The van der Waals surface area contributed by atoms with Crippen molar-refractivity contribution in [3.8, 4) is 11.4 Å². The van der Waals surface area contributed by atoms with Crippen molar-refractivity contribution in [1.29, 1.82) is 0 Å². The van der Waals surface area contributed by atoms with Gasteiger partial charge in [-0.25, -0.2) is 4.39 Å². The van der Waals surface area contributed by atoms with Gasteiger partial charge in [0.1, 0.15) is 11.6 Å². The van der Waals surface area contributed by atoms with Crippen molar-refractivity contribution in [2.24, 2.45) is 0 Å². The Kier molecular flexibility index (Phi) is 3.57. The summed E-state index contributed by atoms with van der Waals surface area (Å²) in [5.41, 5.74) is 1.79. The molecule has 0 saturated heterocycles. The summed E-state index contributed by atoms with van der Waals surface area (Å²) >= 11 is 3.37. The Morgan fingerprint density at radius 3 is 2.76 bits per heavy atom. The van der Waals surface area contributed by atoms with Gasteiger partial charge in [0.2, 0.25) is 0 Å². The molecule has 0 unspecified atom stereocenters. The molecule has 0 fully saturated rings. The fourth-order valence-electron chi connectivity index (χ4n) is 1.80. The Balaban J connectivity index is 2.59. The molecule has 0 spiro atoms. The number of halogens is 2. The maximum Gasteiger partial charge on any atom is 0.164 e. The molecule has 1 aromatic carbocycles. The van der Waals surface area contributed by atoms with Crippen LogP contribution in [0.25, 0.3) is 11.4 Å². The van der Waals surface area contributed by atoms with E-state index in [1.54, 1.807) is 6.07 Å². The third kappa shape index (κ3) is 2.24. The molecule has 0 amide bonds. The molecule has 5 heteroatoms. The number of benzene rings is 1. The Labute approximate surface area is 108 Å². The lowest BCUT2D eigenvalue weighted by Crippen LogP contribution is -2.02. The Bertz CT molecular complexity index is 537. The van der Waals surface area contributed by atoms with E-state index in [1.165, 1.54) is 12.1 Å². The second-order valence-corrected chi connectivity index (χ2v) is 4.34. The van der Waals surface area contributed by atoms with Crippen LogP contribution in [0.15, 0.2) is 18.2 Å². The quantitative estimate of drug-likeness (QED) is 0.814. The molecule has 2 aromatic rings. The van der Waals surface area contributed by atoms with Crippen LogP contribution in [-0.2, 0) is 11.9 Å². The Hall–Kier alpha value is -1.23. The number of hydrogen-bond donors (Lipinski definition) is 0. The lowest BCUT2D eigenvalue weighted by atomic mass is 10.1. The number of hydrogen-bond acceptors (Lipinski definition) is 2. The van der Waals surface area contributed by atoms with Crippen LogP contribution in [0.1, 0.15) is 18.3 Å². The van der Waals surface area contributed by atoms with Gasteiger partial charge in [-0.15, -0.1) is 10.2 Å². The van der Waals surface area contributed by atoms with Gasteiger partial charge < -0.3 is 4.57 Å². The van der Waals surface area contributed by atoms with Gasteiger partial charge in [0.25, 0.3) is 0 Å². The summed E-state index contributed by atoms with van der Waals surface area (Å²) < 4.78 is 15.3. The van der Waals surface area contributed by atoms with Crippen LogP contribution in [0.4, 0.5) is 4.39 Å². The number of rotatable bonds is 3. The molecule has 1 aromatic heterocycles. The molecule has 0 atom stereocenters. The summed E-state index contributed by atoms with van der Waals surface area (Å²) in [5.74, 6) is 1.32. The van der Waals surface area contributed by atoms with E-state index in [9.17, 15) is 4.39 Å². The van der Waals surface area contributed by atoms with Crippen LogP contribution in [0.3, 0.4) is 0 Å². The van der Waals surface area contributed by atoms with Gasteiger partial charge in [0.05, 0.1) is 5.33 Å². The molecule has 0 saturated carbocycles. The second kappa shape index (κ2) is 4.96. The van der Waals surface area contributed by atoms with Gasteiger partial charge in [0.15, 0.2) is 5.82 Å². The molecule has 0 aliphatic rings. The summed E-state index contributed by atoms with van der Waals surface area (Å²) in [4.78, 5) is 0. The van der Waals surface area contributed by atoms with Gasteiger partial charge in [-0.05, 0) is 31.5 Å². The fourth-order valence-corrected chi connectivity index (χ4v) is 2.22. The van der Waals surface area contributed by atoms with Crippen LogP contribution >= 0.6 is 15.9 Å². The minimum atomic E-state index is -0.253. The lowest BCUT2D eigenvalue weighted by molar-refractivity contribution is 0.627. The molecule has 3 nitrogen and oxygen atoms in total. The molecule has 0 aliphatic heterocycles. The molecular weight excluding hydrogens is 285 g/mol. The van der Waals surface area contributed by atoms with Gasteiger partial charge >= 0.3 is 0 Å². The van der Waals surface area contributed by atoms with Gasteiger partial charge in [-0.3, -0.25) is 0 Å². The Morgan fingerprint density at radius 1 is 1.35 bits per heavy atom. The van der Waals surface area contributed by atoms with Crippen molar-refractivity contribution in [2.45, 2.75) is 25.7 Å². The van der Waals surface area contributed by atoms with Crippen LogP contribution in [0, 0.1) is 12.7 Å². The summed E-state index contributed by atoms with van der Waals surface area (Å²) in [7, 11) is 0. The SMILES string of the molecule is CCn1c(CBr)nnc1-c1cc(F)ccc1C. The van der Waals surface area contributed by atoms with Crippen molar-refractivity contribution in [3.63, 3.8) is 0 Å². The van der Waals surface area contributed by atoms with E-state index >= 15 is 0 Å². The summed E-state index contributed by atoms with van der Waals surface area (Å²) in [6, 6.07) is 4.72. The maximum atomic E-state index is 13.3. The first-order valence-electron chi connectivity index (χ1n) is 5.42. The van der Waals surface area contributed by atoms with E-state index < -0.39 is 0 Å². The number of aryl methyl sites for hydroxylation is 1. The summed E-state index contributed by atoms with van der Waals surface area (Å²) in [6.07, 6.45) is 0. The van der Waals surface area contributed by atoms with Crippen LogP contribution in [0.5, 0.6) is 0 Å². The minimum Gasteiger partial charge on any atom is -0.311 e. The first-order chi connectivity index (χ1) is 8.17. The highest BCUT2D eigenvalue weighted by Crippen LogP contribution is 2.24. The zero-order valence-electron chi connectivity index (χ0n) is 9.74. The lowest BCUT2D eigenvalue weighted by Gasteiger charge is -2.08. The molecule has 90 valence electrons. The summed E-state index contributed by atoms with van der Waals surface area (Å²) in [5, 5.41) is 8.88. The maximum absolute atomic E-state index is 13.3. The molecule has 1 heterocycles. The highest BCUT2D eigenvalue weighted by molar-refractivity contribution is 9.08. The smallest absolute Gasteiger partial charge is 0.164 e. The standard InChI is InChI=1S/C12H13BrFN3/c1-3-17-11(7-13)15-16-12(17)10-6-9(14)5-4-8(10)2/h4-6H,3,7H2,1-2H3. The van der Waals surface area contributed by atoms with Crippen molar-refractivity contribution in [3.05, 3.63) is 35.4 Å². The van der Waals surface area contributed by atoms with E-state index in [1.807, 2.05) is 18.4 Å². The first kappa shape index (κ1) is 12.2. The topological polar surface area (TPSA) is 30.7 Å². The average Bonchev–Trinajstić information content (AvgIpc) is 2.74. The first-order valence-corrected chi connectivity index (χ1v) is 6.54.